The molecular weight excluding hydrogens is 368 g/mol. The van der Waals surface area contributed by atoms with Crippen LogP contribution in [0.25, 0.3) is 6.08 Å². The lowest BCUT2D eigenvalue weighted by molar-refractivity contribution is -0.140. The van der Waals surface area contributed by atoms with E-state index in [2.05, 4.69) is 10.6 Å². The van der Waals surface area contributed by atoms with Crippen molar-refractivity contribution in [1.29, 1.82) is 0 Å². The molecule has 7 heteroatoms. The predicted octanol–water partition coefficient (Wildman–Crippen LogP) is 3.01. The summed E-state index contributed by atoms with van der Waals surface area (Å²) in [5.74, 6) is -2.37. The van der Waals surface area contributed by atoms with Gasteiger partial charge in [-0.2, -0.15) is 0 Å². The summed E-state index contributed by atoms with van der Waals surface area (Å²) in [6.07, 6.45) is 1.45. The summed E-state index contributed by atoms with van der Waals surface area (Å²) < 4.78 is 0. The molecule has 140 valence electrons. The molecular formula is C20H19ClN2O4. The number of carbonyl (C=O) groups is 3. The minimum absolute atomic E-state index is 0.0732. The number of aliphatic carboxylic acids is 1. The van der Waals surface area contributed by atoms with Crippen molar-refractivity contribution in [1.82, 2.24) is 10.6 Å². The highest BCUT2D eigenvalue weighted by atomic mass is 35.5. The summed E-state index contributed by atoms with van der Waals surface area (Å²) in [6.45, 7) is 3.23. The lowest BCUT2D eigenvalue weighted by atomic mass is 10.1. The van der Waals surface area contributed by atoms with Crippen molar-refractivity contribution in [3.63, 3.8) is 0 Å². The SMILES string of the molecule is Cc1ccc(C(=O)NC(=Cc2ccc(Cl)cc2)C(=O)NC(C)C(=O)O)cc1. The molecule has 0 aliphatic heterocycles. The zero-order valence-electron chi connectivity index (χ0n) is 14.8. The van der Waals surface area contributed by atoms with Gasteiger partial charge < -0.3 is 15.7 Å². The van der Waals surface area contributed by atoms with E-state index in [4.69, 9.17) is 16.7 Å². The second-order valence-electron chi connectivity index (χ2n) is 5.96. The number of nitrogens with one attached hydrogen (secondary N) is 2. The Hall–Kier alpha value is -3.12. The molecule has 6 nitrogen and oxygen atoms in total. The standard InChI is InChI=1S/C20H19ClN2O4/c1-12-3-7-15(8-4-12)18(24)23-17(19(25)22-13(2)20(26)27)11-14-5-9-16(21)10-6-14/h3-11,13H,1-2H3,(H,22,25)(H,23,24)(H,26,27). The van der Waals surface area contributed by atoms with Crippen molar-refractivity contribution >= 4 is 35.5 Å². The van der Waals surface area contributed by atoms with Crippen LogP contribution in [-0.4, -0.2) is 28.9 Å². The van der Waals surface area contributed by atoms with E-state index in [9.17, 15) is 14.4 Å². The number of carbonyl (C=O) groups excluding carboxylic acids is 2. The number of aryl methyl sites for hydroxylation is 1. The molecule has 0 fully saturated rings. The molecule has 2 amide bonds. The Labute approximate surface area is 161 Å². The molecule has 2 aromatic rings. The summed E-state index contributed by atoms with van der Waals surface area (Å²) in [4.78, 5) is 35.9. The number of hydrogen-bond acceptors (Lipinski definition) is 3. The monoisotopic (exact) mass is 386 g/mol. The minimum Gasteiger partial charge on any atom is -0.480 e. The maximum Gasteiger partial charge on any atom is 0.325 e. The van der Waals surface area contributed by atoms with Crippen LogP contribution in [0.1, 0.15) is 28.4 Å². The molecule has 27 heavy (non-hydrogen) atoms. The average Bonchev–Trinajstić information content (AvgIpc) is 2.63. The molecule has 0 spiro atoms. The van der Waals surface area contributed by atoms with Gasteiger partial charge in [-0.3, -0.25) is 14.4 Å². The maximum absolute atomic E-state index is 12.5. The maximum atomic E-state index is 12.5. The fourth-order valence-corrected chi connectivity index (χ4v) is 2.25. The normalized spacial score (nSPS) is 12.2. The van der Waals surface area contributed by atoms with Gasteiger partial charge in [0, 0.05) is 10.6 Å². The highest BCUT2D eigenvalue weighted by Gasteiger charge is 2.19. The molecule has 0 bridgehead atoms. The molecule has 0 aliphatic carbocycles. The van der Waals surface area contributed by atoms with Crippen LogP contribution in [0.4, 0.5) is 0 Å². The first kappa shape index (κ1) is 20.2. The number of hydrogen-bond donors (Lipinski definition) is 3. The van der Waals surface area contributed by atoms with Crippen LogP contribution in [0.15, 0.2) is 54.2 Å². The van der Waals surface area contributed by atoms with Crippen molar-refractivity contribution in [3.8, 4) is 0 Å². The van der Waals surface area contributed by atoms with Crippen LogP contribution < -0.4 is 10.6 Å². The summed E-state index contributed by atoms with van der Waals surface area (Å²) in [7, 11) is 0. The van der Waals surface area contributed by atoms with E-state index in [1.807, 2.05) is 6.92 Å². The van der Waals surface area contributed by atoms with Gasteiger partial charge in [-0.15, -0.1) is 0 Å². The molecule has 3 N–H and O–H groups in total. The Morgan fingerprint density at radius 1 is 1.04 bits per heavy atom. The first-order valence-corrected chi connectivity index (χ1v) is 8.53. The Balaban J connectivity index is 2.29. The molecule has 0 aromatic heterocycles. The third kappa shape index (κ3) is 5.97. The Bertz CT molecular complexity index is 874. The minimum atomic E-state index is -1.18. The topological polar surface area (TPSA) is 95.5 Å². The number of halogens is 1. The van der Waals surface area contributed by atoms with Crippen molar-refractivity contribution in [2.75, 3.05) is 0 Å². The summed E-state index contributed by atoms with van der Waals surface area (Å²) >= 11 is 5.86. The number of carboxylic acid groups (broad SMARTS) is 1. The van der Waals surface area contributed by atoms with Gasteiger partial charge in [0.15, 0.2) is 0 Å². The fraction of sp³-hybridized carbons (Fsp3) is 0.150. The number of benzene rings is 2. The first-order chi connectivity index (χ1) is 12.8. The van der Waals surface area contributed by atoms with Crippen LogP contribution in [0, 0.1) is 6.92 Å². The number of rotatable bonds is 6. The smallest absolute Gasteiger partial charge is 0.325 e. The largest absolute Gasteiger partial charge is 0.480 e. The molecule has 0 aliphatic rings. The van der Waals surface area contributed by atoms with Gasteiger partial charge in [-0.25, -0.2) is 0 Å². The molecule has 2 rings (SSSR count). The molecule has 1 atom stereocenters. The van der Waals surface area contributed by atoms with Crippen LogP contribution in [0.2, 0.25) is 5.02 Å². The number of amides is 2. The zero-order valence-corrected chi connectivity index (χ0v) is 15.6. The van der Waals surface area contributed by atoms with E-state index < -0.39 is 23.8 Å². The van der Waals surface area contributed by atoms with Gasteiger partial charge in [0.25, 0.3) is 11.8 Å². The average molecular weight is 387 g/mol. The second kappa shape index (κ2) is 9.00. The van der Waals surface area contributed by atoms with Crippen molar-refractivity contribution in [2.24, 2.45) is 0 Å². The molecule has 0 heterocycles. The van der Waals surface area contributed by atoms with Gasteiger partial charge in [-0.1, -0.05) is 41.4 Å². The van der Waals surface area contributed by atoms with E-state index in [0.29, 0.717) is 16.1 Å². The van der Waals surface area contributed by atoms with Gasteiger partial charge in [0.1, 0.15) is 11.7 Å². The quantitative estimate of drug-likeness (QED) is 0.665. The van der Waals surface area contributed by atoms with Gasteiger partial charge in [-0.05, 0) is 49.8 Å². The van der Waals surface area contributed by atoms with Crippen LogP contribution in [0.5, 0.6) is 0 Å². The lowest BCUT2D eigenvalue weighted by Gasteiger charge is -2.13. The van der Waals surface area contributed by atoms with Crippen LogP contribution in [-0.2, 0) is 9.59 Å². The summed E-state index contributed by atoms with van der Waals surface area (Å²) in [6, 6.07) is 12.4. The second-order valence-corrected chi connectivity index (χ2v) is 6.40. The van der Waals surface area contributed by atoms with E-state index in [1.165, 1.54) is 13.0 Å². The van der Waals surface area contributed by atoms with Crippen molar-refractivity contribution in [3.05, 3.63) is 75.9 Å². The highest BCUT2D eigenvalue weighted by Crippen LogP contribution is 2.13. The van der Waals surface area contributed by atoms with E-state index >= 15 is 0 Å². The third-order valence-corrected chi connectivity index (χ3v) is 3.96. The van der Waals surface area contributed by atoms with Gasteiger partial charge >= 0.3 is 5.97 Å². The Morgan fingerprint density at radius 3 is 2.19 bits per heavy atom. The third-order valence-electron chi connectivity index (χ3n) is 3.71. The number of carboxylic acids is 1. The summed E-state index contributed by atoms with van der Waals surface area (Å²) in [5, 5.41) is 14.4. The molecule has 0 saturated heterocycles. The van der Waals surface area contributed by atoms with Crippen molar-refractivity contribution < 1.29 is 19.5 Å². The Morgan fingerprint density at radius 2 is 1.63 bits per heavy atom. The molecule has 0 saturated carbocycles. The van der Waals surface area contributed by atoms with E-state index in [-0.39, 0.29) is 5.70 Å². The molecule has 0 radical (unpaired) electrons. The predicted molar refractivity (Wildman–Crippen MR) is 103 cm³/mol. The van der Waals surface area contributed by atoms with Gasteiger partial charge in [0.05, 0.1) is 0 Å². The van der Waals surface area contributed by atoms with Crippen LogP contribution >= 0.6 is 11.6 Å². The van der Waals surface area contributed by atoms with E-state index in [1.54, 1.807) is 48.5 Å². The highest BCUT2D eigenvalue weighted by molar-refractivity contribution is 6.30. The van der Waals surface area contributed by atoms with Crippen LogP contribution in [0.3, 0.4) is 0 Å². The van der Waals surface area contributed by atoms with E-state index in [0.717, 1.165) is 5.56 Å². The molecule has 1 unspecified atom stereocenters. The lowest BCUT2D eigenvalue weighted by Crippen LogP contribution is -2.42. The van der Waals surface area contributed by atoms with Gasteiger partial charge in [0.2, 0.25) is 0 Å². The first-order valence-electron chi connectivity index (χ1n) is 8.15. The van der Waals surface area contributed by atoms with Crippen molar-refractivity contribution in [2.45, 2.75) is 19.9 Å². The zero-order chi connectivity index (χ0) is 20.0. The fourth-order valence-electron chi connectivity index (χ4n) is 2.12. The Kier molecular flexibility index (Phi) is 6.73. The summed E-state index contributed by atoms with van der Waals surface area (Å²) in [5.41, 5.74) is 1.92. The molecule has 2 aromatic carbocycles.